The number of carbonyl (C=O) groups is 3. The van der Waals surface area contributed by atoms with Crippen LogP contribution in [-0.2, 0) is 4.74 Å². The zero-order valence-electron chi connectivity index (χ0n) is 14.3. The van der Waals surface area contributed by atoms with Crippen molar-refractivity contribution in [3.05, 3.63) is 59.2 Å². The van der Waals surface area contributed by atoms with Crippen molar-refractivity contribution < 1.29 is 28.6 Å². The first kappa shape index (κ1) is 17.9. The Kier molecular flexibility index (Phi) is 5.04. The van der Waals surface area contributed by atoms with Crippen molar-refractivity contribution in [2.24, 2.45) is 0 Å². The Hall–Kier alpha value is -3.86. The van der Waals surface area contributed by atoms with Crippen molar-refractivity contribution >= 4 is 17.8 Å². The number of nitriles is 1. The van der Waals surface area contributed by atoms with Gasteiger partial charge in [0.2, 0.25) is 0 Å². The van der Waals surface area contributed by atoms with E-state index in [4.69, 9.17) is 19.5 Å². The molecule has 1 heterocycles. The summed E-state index contributed by atoms with van der Waals surface area (Å²) in [5.74, 6) is -1.21. The maximum absolute atomic E-state index is 12.3. The van der Waals surface area contributed by atoms with Gasteiger partial charge >= 0.3 is 5.97 Å². The summed E-state index contributed by atoms with van der Waals surface area (Å²) in [5.41, 5.74) is 0.700. The summed E-state index contributed by atoms with van der Waals surface area (Å²) in [6.07, 6.45) is 0. The van der Waals surface area contributed by atoms with E-state index < -0.39 is 24.5 Å². The van der Waals surface area contributed by atoms with E-state index in [2.05, 4.69) is 0 Å². The molecule has 8 heteroatoms. The monoisotopic (exact) mass is 366 g/mol. The van der Waals surface area contributed by atoms with Crippen LogP contribution < -0.4 is 9.47 Å². The predicted octanol–water partition coefficient (Wildman–Crippen LogP) is 2.01. The zero-order valence-corrected chi connectivity index (χ0v) is 14.3. The van der Waals surface area contributed by atoms with Gasteiger partial charge in [-0.1, -0.05) is 12.1 Å². The number of ether oxygens (including phenoxy) is 3. The zero-order chi connectivity index (χ0) is 19.4. The number of amides is 2. The third kappa shape index (κ3) is 3.43. The molecule has 3 rings (SSSR count). The molecule has 0 bridgehead atoms. The molecule has 2 aromatic carbocycles. The summed E-state index contributed by atoms with van der Waals surface area (Å²) in [7, 11) is 1.39. The molecule has 1 aliphatic rings. The molecule has 0 aliphatic carbocycles. The Morgan fingerprint density at radius 3 is 2.33 bits per heavy atom. The summed E-state index contributed by atoms with van der Waals surface area (Å²) in [6.45, 7) is -0.667. The number of methoxy groups -OCH3 is 1. The first-order chi connectivity index (χ1) is 13.1. The van der Waals surface area contributed by atoms with Gasteiger partial charge < -0.3 is 14.2 Å². The van der Waals surface area contributed by atoms with Crippen LogP contribution in [0.15, 0.2) is 42.5 Å². The minimum atomic E-state index is -0.739. The molecule has 0 spiro atoms. The minimum Gasteiger partial charge on any atom is -0.493 e. The lowest BCUT2D eigenvalue weighted by Crippen LogP contribution is -2.33. The summed E-state index contributed by atoms with van der Waals surface area (Å²) in [5, 5.41) is 8.57. The molecule has 136 valence electrons. The molecular weight excluding hydrogens is 352 g/mol. The highest BCUT2D eigenvalue weighted by molar-refractivity contribution is 6.21. The maximum atomic E-state index is 12.3. The van der Waals surface area contributed by atoms with Crippen molar-refractivity contribution in [2.45, 2.75) is 0 Å². The van der Waals surface area contributed by atoms with E-state index in [9.17, 15) is 14.4 Å². The number of rotatable bonds is 6. The smallest absolute Gasteiger partial charge is 0.340 e. The van der Waals surface area contributed by atoms with Gasteiger partial charge in [0, 0.05) is 0 Å². The number of imide groups is 1. The SMILES string of the molecule is COc1cc(C(=O)OCN2C(=O)c3ccccc3C2=O)ccc1OCC#N. The number of fused-ring (bicyclic) bond motifs is 1. The summed E-state index contributed by atoms with van der Waals surface area (Å²) < 4.78 is 15.4. The molecule has 0 fully saturated rings. The topological polar surface area (TPSA) is 106 Å². The van der Waals surface area contributed by atoms with Crippen LogP contribution in [0, 0.1) is 11.3 Å². The lowest BCUT2D eigenvalue weighted by molar-refractivity contribution is 0.0228. The van der Waals surface area contributed by atoms with Crippen LogP contribution in [-0.4, -0.2) is 43.1 Å². The quantitative estimate of drug-likeness (QED) is 0.569. The molecule has 0 N–H and O–H groups in total. The second-order valence-corrected chi connectivity index (χ2v) is 5.46. The highest BCUT2D eigenvalue weighted by atomic mass is 16.5. The van der Waals surface area contributed by atoms with E-state index in [1.165, 1.54) is 25.3 Å². The van der Waals surface area contributed by atoms with Crippen molar-refractivity contribution in [2.75, 3.05) is 20.4 Å². The lowest BCUT2D eigenvalue weighted by Gasteiger charge is -2.14. The number of hydrogen-bond acceptors (Lipinski definition) is 7. The number of benzene rings is 2. The summed E-state index contributed by atoms with van der Waals surface area (Å²) in [4.78, 5) is 37.6. The lowest BCUT2D eigenvalue weighted by atomic mass is 10.1. The van der Waals surface area contributed by atoms with Gasteiger partial charge in [0.05, 0.1) is 23.8 Å². The van der Waals surface area contributed by atoms with Gasteiger partial charge in [0.1, 0.15) is 6.07 Å². The molecule has 0 unspecified atom stereocenters. The van der Waals surface area contributed by atoms with E-state index >= 15 is 0 Å². The van der Waals surface area contributed by atoms with Gasteiger partial charge in [-0.2, -0.15) is 5.26 Å². The summed E-state index contributed by atoms with van der Waals surface area (Å²) >= 11 is 0. The largest absolute Gasteiger partial charge is 0.493 e. The van der Waals surface area contributed by atoms with Crippen LogP contribution in [0.5, 0.6) is 11.5 Å². The fraction of sp³-hybridized carbons (Fsp3) is 0.158. The average molecular weight is 366 g/mol. The molecule has 2 amide bonds. The Morgan fingerprint density at radius 1 is 1.07 bits per heavy atom. The van der Waals surface area contributed by atoms with Gasteiger partial charge in [0.25, 0.3) is 11.8 Å². The highest BCUT2D eigenvalue weighted by Crippen LogP contribution is 2.28. The molecular formula is C19H14N2O6. The van der Waals surface area contributed by atoms with E-state index in [0.29, 0.717) is 5.75 Å². The average Bonchev–Trinajstić information content (AvgIpc) is 2.95. The number of nitrogens with zero attached hydrogens (tertiary/aromatic N) is 2. The van der Waals surface area contributed by atoms with E-state index in [-0.39, 0.29) is 29.0 Å². The van der Waals surface area contributed by atoms with E-state index in [1.807, 2.05) is 6.07 Å². The van der Waals surface area contributed by atoms with Crippen LogP contribution in [0.3, 0.4) is 0 Å². The van der Waals surface area contributed by atoms with Gasteiger partial charge in [-0.15, -0.1) is 0 Å². The normalized spacial score (nSPS) is 12.4. The second kappa shape index (κ2) is 7.58. The molecule has 0 saturated carbocycles. The number of hydrogen-bond donors (Lipinski definition) is 0. The van der Waals surface area contributed by atoms with E-state index in [1.54, 1.807) is 24.3 Å². The molecule has 27 heavy (non-hydrogen) atoms. The van der Waals surface area contributed by atoms with Gasteiger partial charge in [-0.05, 0) is 30.3 Å². The van der Waals surface area contributed by atoms with Crippen LogP contribution in [0.25, 0.3) is 0 Å². The molecule has 0 radical (unpaired) electrons. The number of carbonyl (C=O) groups excluding carboxylic acids is 3. The predicted molar refractivity (Wildman–Crippen MR) is 91.3 cm³/mol. The fourth-order valence-electron chi connectivity index (χ4n) is 2.59. The van der Waals surface area contributed by atoms with Crippen LogP contribution in [0.4, 0.5) is 0 Å². The first-order valence-corrected chi connectivity index (χ1v) is 7.87. The summed E-state index contributed by atoms with van der Waals surface area (Å²) in [6, 6.07) is 12.5. The number of esters is 1. The Bertz CT molecular complexity index is 928. The van der Waals surface area contributed by atoms with Crippen molar-refractivity contribution in [3.63, 3.8) is 0 Å². The fourth-order valence-corrected chi connectivity index (χ4v) is 2.59. The molecule has 1 aliphatic heterocycles. The van der Waals surface area contributed by atoms with Gasteiger partial charge in [0.15, 0.2) is 24.8 Å². The van der Waals surface area contributed by atoms with Crippen LogP contribution in [0.1, 0.15) is 31.1 Å². The van der Waals surface area contributed by atoms with Gasteiger partial charge in [-0.3, -0.25) is 9.59 Å². The molecule has 0 atom stereocenters. The van der Waals surface area contributed by atoms with Crippen molar-refractivity contribution in [1.82, 2.24) is 4.90 Å². The van der Waals surface area contributed by atoms with E-state index in [0.717, 1.165) is 4.90 Å². The van der Waals surface area contributed by atoms with Crippen LogP contribution in [0.2, 0.25) is 0 Å². The minimum absolute atomic E-state index is 0.146. The van der Waals surface area contributed by atoms with Gasteiger partial charge in [-0.25, -0.2) is 9.69 Å². The maximum Gasteiger partial charge on any atom is 0.340 e. The second-order valence-electron chi connectivity index (χ2n) is 5.46. The molecule has 2 aromatic rings. The molecule has 8 nitrogen and oxygen atoms in total. The standard InChI is InChI=1S/C19H14N2O6/c1-25-16-10-12(6-7-15(16)26-9-8-20)19(24)27-11-21-17(22)13-4-2-3-5-14(13)18(21)23/h2-7,10H,9,11H2,1H3. The highest BCUT2D eigenvalue weighted by Gasteiger charge is 2.35. The Morgan fingerprint density at radius 2 is 1.74 bits per heavy atom. The Balaban J connectivity index is 1.69. The van der Waals surface area contributed by atoms with Crippen molar-refractivity contribution in [1.29, 1.82) is 5.26 Å². The van der Waals surface area contributed by atoms with Crippen LogP contribution >= 0.6 is 0 Å². The van der Waals surface area contributed by atoms with Crippen molar-refractivity contribution in [3.8, 4) is 17.6 Å². The third-order valence-corrected chi connectivity index (χ3v) is 3.89. The molecule has 0 aromatic heterocycles. The first-order valence-electron chi connectivity index (χ1n) is 7.87. The Labute approximate surface area is 154 Å². The molecule has 0 saturated heterocycles. The third-order valence-electron chi connectivity index (χ3n) is 3.89.